The zero-order valence-corrected chi connectivity index (χ0v) is 40.8. The largest absolute Gasteiger partial charge is 0.310 e. The Morgan fingerprint density at radius 1 is 0.405 bits per heavy atom. The quantitative estimate of drug-likeness (QED) is 0.147. The van der Waals surface area contributed by atoms with E-state index in [0.29, 0.717) is 0 Å². The van der Waals surface area contributed by atoms with Crippen LogP contribution in [0.15, 0.2) is 285 Å². The van der Waals surface area contributed by atoms with Crippen molar-refractivity contribution in [2.75, 3.05) is 4.90 Å². The molecule has 2 nitrogen and oxygen atoms in total. The van der Waals surface area contributed by atoms with Crippen LogP contribution in [-0.4, -0.2) is 4.57 Å². The maximum atomic E-state index is 2.51. The molecule has 15 rings (SSSR count). The summed E-state index contributed by atoms with van der Waals surface area (Å²) in [5.41, 5.74) is 20.2. The van der Waals surface area contributed by atoms with Crippen LogP contribution in [-0.2, 0) is 10.8 Å². The van der Waals surface area contributed by atoms with Crippen LogP contribution in [0.3, 0.4) is 0 Å². The van der Waals surface area contributed by atoms with E-state index in [1.165, 1.54) is 93.8 Å². The molecule has 1 aromatic heterocycles. The molecule has 0 fully saturated rings. The molecule has 3 atom stereocenters. The number of allylic oxidation sites excluding steroid dienone is 4. The van der Waals surface area contributed by atoms with Gasteiger partial charge in [-0.15, -0.1) is 0 Å². The first-order valence-electron chi connectivity index (χ1n) is 26.0. The van der Waals surface area contributed by atoms with Crippen molar-refractivity contribution in [2.24, 2.45) is 5.92 Å². The van der Waals surface area contributed by atoms with Crippen molar-refractivity contribution in [1.82, 2.24) is 4.57 Å². The van der Waals surface area contributed by atoms with Gasteiger partial charge in [-0.05, 0) is 134 Å². The summed E-state index contributed by atoms with van der Waals surface area (Å²) in [6.07, 6.45) is 10.3. The highest BCUT2D eigenvalue weighted by Crippen LogP contribution is 2.66. The van der Waals surface area contributed by atoms with Crippen LogP contribution in [0.4, 0.5) is 17.1 Å². The van der Waals surface area contributed by atoms with Crippen LogP contribution < -0.4 is 4.90 Å². The summed E-state index contributed by atoms with van der Waals surface area (Å²) >= 11 is 0. The number of hydrogen-bond donors (Lipinski definition) is 0. The summed E-state index contributed by atoms with van der Waals surface area (Å²) < 4.78 is 2.46. The lowest BCUT2D eigenvalue weighted by molar-refractivity contribution is 0.424. The Morgan fingerprint density at radius 3 is 1.82 bits per heavy atom. The van der Waals surface area contributed by atoms with E-state index in [2.05, 4.69) is 295 Å². The van der Waals surface area contributed by atoms with E-state index in [1.807, 2.05) is 0 Å². The first-order chi connectivity index (χ1) is 36.7. The second kappa shape index (κ2) is 16.7. The molecule has 0 saturated carbocycles. The predicted molar refractivity (Wildman–Crippen MR) is 308 cm³/mol. The van der Waals surface area contributed by atoms with E-state index in [0.717, 1.165) is 29.2 Å². The number of nitrogens with zero attached hydrogens (tertiary/aromatic N) is 2. The Bertz CT molecular complexity index is 4220. The summed E-state index contributed by atoms with van der Waals surface area (Å²) in [5.74, 6) is 0.132. The van der Waals surface area contributed by atoms with Crippen LogP contribution >= 0.6 is 0 Å². The molecule has 348 valence electrons. The fraction of sp³-hybridized carbons (Fsp3) is 0.0556. The Morgan fingerprint density at radius 2 is 1.03 bits per heavy atom. The maximum Gasteiger partial charge on any atom is 0.0719 e. The number of hydrogen-bond acceptors (Lipinski definition) is 1. The zero-order chi connectivity index (χ0) is 48.8. The number of benzene rings is 11. The standard InChI is InChI=1S/C72H50N2/c1-4-20-49(21-5-1)50-38-41-55(42-39-50)73(56-43-45-57(46-44-56)74-68-37-17-13-31-61(68)63-47-40-51-22-10-11-29-59(51)70(63)74)58-28-18-27-54(48-58)71(52-23-6-2-7-24-52)65-34-15-16-35-66(65)72(53-25-8-3-9-26-53)64-33-14-12-30-60(64)62-32-19-36-67(71)69(62)72/h1-23,25-48,52H,24H2. The fourth-order valence-electron chi connectivity index (χ4n) is 13.8. The number of para-hydroxylation sites is 1. The number of rotatable bonds is 8. The van der Waals surface area contributed by atoms with Gasteiger partial charge in [-0.3, -0.25) is 0 Å². The molecule has 12 aromatic rings. The molecule has 0 aliphatic heterocycles. The summed E-state index contributed by atoms with van der Waals surface area (Å²) in [4.78, 5) is 2.46. The van der Waals surface area contributed by atoms with Crippen molar-refractivity contribution in [1.29, 1.82) is 0 Å². The summed E-state index contributed by atoms with van der Waals surface area (Å²) in [5, 5.41) is 5.00. The van der Waals surface area contributed by atoms with Gasteiger partial charge in [0.05, 0.1) is 21.9 Å². The minimum absolute atomic E-state index is 0.132. The monoisotopic (exact) mass is 942 g/mol. The Balaban J connectivity index is 0.960. The third-order valence-corrected chi connectivity index (χ3v) is 16.7. The van der Waals surface area contributed by atoms with E-state index in [4.69, 9.17) is 0 Å². The van der Waals surface area contributed by atoms with Crippen LogP contribution in [0.5, 0.6) is 0 Å². The Labute approximate surface area is 432 Å². The zero-order valence-electron chi connectivity index (χ0n) is 40.8. The minimum atomic E-state index is -0.550. The summed E-state index contributed by atoms with van der Waals surface area (Å²) in [7, 11) is 0. The van der Waals surface area contributed by atoms with Gasteiger partial charge in [0, 0.05) is 38.9 Å². The van der Waals surface area contributed by atoms with Gasteiger partial charge in [-0.1, -0.05) is 231 Å². The molecule has 0 amide bonds. The molecular formula is C72H50N2. The van der Waals surface area contributed by atoms with E-state index in [9.17, 15) is 0 Å². The van der Waals surface area contributed by atoms with E-state index in [1.54, 1.807) is 0 Å². The number of fused-ring (bicyclic) bond motifs is 10. The molecule has 3 aliphatic rings. The van der Waals surface area contributed by atoms with Gasteiger partial charge in [-0.2, -0.15) is 0 Å². The van der Waals surface area contributed by atoms with Gasteiger partial charge < -0.3 is 9.47 Å². The van der Waals surface area contributed by atoms with Crippen LogP contribution in [0.25, 0.3) is 60.5 Å². The number of aromatic nitrogens is 1. The van der Waals surface area contributed by atoms with Crippen molar-refractivity contribution in [3.8, 4) is 27.9 Å². The van der Waals surface area contributed by atoms with Crippen LogP contribution in [0.1, 0.15) is 45.4 Å². The molecular weight excluding hydrogens is 893 g/mol. The molecule has 0 N–H and O–H groups in total. The molecule has 0 radical (unpaired) electrons. The average Bonchev–Trinajstić information content (AvgIpc) is 4.00. The molecule has 0 saturated heterocycles. The van der Waals surface area contributed by atoms with Gasteiger partial charge in [0.2, 0.25) is 0 Å². The first-order valence-corrected chi connectivity index (χ1v) is 26.0. The smallest absolute Gasteiger partial charge is 0.0719 e. The minimum Gasteiger partial charge on any atom is -0.310 e. The third-order valence-electron chi connectivity index (χ3n) is 16.7. The Kier molecular flexibility index (Phi) is 9.56. The third kappa shape index (κ3) is 6.00. The van der Waals surface area contributed by atoms with Crippen molar-refractivity contribution in [3.63, 3.8) is 0 Å². The number of anilines is 3. The molecule has 1 heterocycles. The summed E-state index contributed by atoms with van der Waals surface area (Å²) in [6, 6.07) is 97.8. The second-order valence-electron chi connectivity index (χ2n) is 20.2. The van der Waals surface area contributed by atoms with Crippen molar-refractivity contribution < 1.29 is 0 Å². The molecule has 0 bridgehead atoms. The lowest BCUT2D eigenvalue weighted by Crippen LogP contribution is -2.47. The SMILES string of the molecule is C1=CCC(C2(c3cccc(N(c4ccc(-c5ccccc5)cc4)c4ccc(-n5c6ccccc6c6ccc7ccccc7c65)cc4)c3)c3ccccc3C3(c4ccccc4)c4ccccc4-c4cccc2c43)C=C1. The topological polar surface area (TPSA) is 8.17 Å². The van der Waals surface area contributed by atoms with E-state index >= 15 is 0 Å². The molecule has 74 heavy (non-hydrogen) atoms. The van der Waals surface area contributed by atoms with Gasteiger partial charge in [-0.25, -0.2) is 0 Å². The van der Waals surface area contributed by atoms with Crippen molar-refractivity contribution in [2.45, 2.75) is 17.3 Å². The molecule has 3 unspecified atom stereocenters. The molecule has 0 spiro atoms. The average molecular weight is 943 g/mol. The lowest BCUT2D eigenvalue weighted by Gasteiger charge is -2.52. The molecule has 3 aliphatic carbocycles. The van der Waals surface area contributed by atoms with Crippen molar-refractivity contribution >= 4 is 49.6 Å². The maximum absolute atomic E-state index is 2.51. The molecule has 11 aromatic carbocycles. The van der Waals surface area contributed by atoms with Crippen molar-refractivity contribution in [3.05, 3.63) is 324 Å². The van der Waals surface area contributed by atoms with Crippen LogP contribution in [0.2, 0.25) is 0 Å². The van der Waals surface area contributed by atoms with E-state index < -0.39 is 10.8 Å². The van der Waals surface area contributed by atoms with Gasteiger partial charge in [0.25, 0.3) is 0 Å². The fourth-order valence-corrected chi connectivity index (χ4v) is 13.8. The highest BCUT2D eigenvalue weighted by molar-refractivity contribution is 6.18. The van der Waals surface area contributed by atoms with E-state index in [-0.39, 0.29) is 5.92 Å². The summed E-state index contributed by atoms with van der Waals surface area (Å²) in [6.45, 7) is 0. The highest BCUT2D eigenvalue weighted by Gasteiger charge is 2.58. The lowest BCUT2D eigenvalue weighted by atomic mass is 9.49. The van der Waals surface area contributed by atoms with Crippen LogP contribution in [0, 0.1) is 5.92 Å². The van der Waals surface area contributed by atoms with Gasteiger partial charge >= 0.3 is 0 Å². The Hall–Kier alpha value is -9.24. The van der Waals surface area contributed by atoms with Gasteiger partial charge in [0.15, 0.2) is 0 Å². The highest BCUT2D eigenvalue weighted by atomic mass is 15.1. The predicted octanol–water partition coefficient (Wildman–Crippen LogP) is 18.2. The molecule has 2 heteroatoms. The second-order valence-corrected chi connectivity index (χ2v) is 20.2. The van der Waals surface area contributed by atoms with Gasteiger partial charge in [0.1, 0.15) is 0 Å². The normalized spacial score (nSPS) is 18.1. The first kappa shape index (κ1) is 42.4.